The van der Waals surface area contributed by atoms with E-state index in [1.165, 1.54) is 0 Å². The molecule has 0 aliphatic carbocycles. The van der Waals surface area contributed by atoms with Crippen LogP contribution in [0.2, 0.25) is 0 Å². The van der Waals surface area contributed by atoms with E-state index < -0.39 is 19.4 Å². The molecule has 0 unspecified atom stereocenters. The van der Waals surface area contributed by atoms with Crippen molar-refractivity contribution < 1.29 is 13.3 Å². The summed E-state index contributed by atoms with van der Waals surface area (Å²) in [7, 11) is -1.47. The second-order valence-corrected chi connectivity index (χ2v) is 5.56. The van der Waals surface area contributed by atoms with E-state index in [0.29, 0.717) is 25.4 Å². The second kappa shape index (κ2) is 4.27. The van der Waals surface area contributed by atoms with Gasteiger partial charge < -0.3 is 9.46 Å². The summed E-state index contributed by atoms with van der Waals surface area (Å²) in [6, 6.07) is 0.819. The Morgan fingerprint density at radius 1 is 1.33 bits per heavy atom. The Morgan fingerprint density at radius 3 is 2.60 bits per heavy atom. The number of hydrogen-bond acceptors (Lipinski definition) is 3. The minimum Gasteiger partial charge on any atom is -0.353 e. The lowest BCUT2D eigenvalue weighted by Crippen LogP contribution is -2.33. The van der Waals surface area contributed by atoms with E-state index in [-0.39, 0.29) is 5.82 Å². The van der Waals surface area contributed by atoms with Gasteiger partial charge in [0.15, 0.2) is 11.6 Å². The number of aromatic nitrogens is 1. The molecule has 0 atom stereocenters. The van der Waals surface area contributed by atoms with Gasteiger partial charge in [-0.3, -0.25) is 0 Å². The quantitative estimate of drug-likeness (QED) is 0.691. The molecule has 0 aromatic carbocycles. The van der Waals surface area contributed by atoms with Crippen molar-refractivity contribution in [2.75, 3.05) is 30.3 Å². The van der Waals surface area contributed by atoms with Crippen LogP contribution in [0, 0.1) is 11.6 Å². The predicted molar refractivity (Wildman–Crippen MR) is 55.1 cm³/mol. The van der Waals surface area contributed by atoms with Crippen LogP contribution in [0.1, 0.15) is 0 Å². The molecule has 0 radical (unpaired) electrons. The molecule has 2 heterocycles. The van der Waals surface area contributed by atoms with Gasteiger partial charge in [-0.2, -0.15) is 0 Å². The highest BCUT2D eigenvalue weighted by atomic mass is 31.1. The third-order valence-electron chi connectivity index (χ3n) is 2.41. The van der Waals surface area contributed by atoms with Crippen LogP contribution in [0.15, 0.2) is 12.3 Å². The van der Waals surface area contributed by atoms with Gasteiger partial charge >= 0.3 is 0 Å². The summed E-state index contributed by atoms with van der Waals surface area (Å²) in [6.07, 6.45) is 2.17. The fraction of sp³-hybridized carbons (Fsp3) is 0.444. The molecule has 1 aromatic rings. The fourth-order valence-electron chi connectivity index (χ4n) is 1.61. The number of pyridine rings is 1. The molecular weight excluding hydrogens is 221 g/mol. The molecule has 0 N–H and O–H groups in total. The van der Waals surface area contributed by atoms with Crippen LogP contribution in [0.25, 0.3) is 0 Å². The van der Waals surface area contributed by atoms with Crippen LogP contribution in [-0.4, -0.2) is 30.4 Å². The molecule has 1 fully saturated rings. The standard InChI is InChI=1S/C9H11F2N2OP/c10-7-5-8(11)9(12-6-7)13-1-3-15(14)4-2-13/h5-6,15H,1-4H2. The summed E-state index contributed by atoms with van der Waals surface area (Å²) >= 11 is 0. The normalized spacial score (nSPS) is 18.1. The Hall–Kier alpha value is -0.960. The van der Waals surface area contributed by atoms with E-state index in [2.05, 4.69) is 4.98 Å². The van der Waals surface area contributed by atoms with Gasteiger partial charge in [0.05, 0.1) is 14.0 Å². The molecule has 1 saturated heterocycles. The summed E-state index contributed by atoms with van der Waals surface area (Å²) < 4.78 is 37.1. The Morgan fingerprint density at radius 2 is 2.00 bits per heavy atom. The highest BCUT2D eigenvalue weighted by Crippen LogP contribution is 2.27. The number of rotatable bonds is 1. The number of anilines is 1. The van der Waals surface area contributed by atoms with Gasteiger partial charge in [-0.25, -0.2) is 13.8 Å². The van der Waals surface area contributed by atoms with Crippen molar-refractivity contribution in [2.24, 2.45) is 0 Å². The van der Waals surface area contributed by atoms with Crippen LogP contribution in [0.5, 0.6) is 0 Å². The molecule has 0 bridgehead atoms. The fourth-order valence-corrected chi connectivity index (χ4v) is 2.90. The van der Waals surface area contributed by atoms with Gasteiger partial charge in [-0.1, -0.05) is 0 Å². The van der Waals surface area contributed by atoms with Gasteiger partial charge in [-0.15, -0.1) is 0 Å². The molecular formula is C9H11F2N2OP. The molecule has 0 spiro atoms. The maximum absolute atomic E-state index is 13.3. The summed E-state index contributed by atoms with van der Waals surface area (Å²) in [5.41, 5.74) is 0. The lowest BCUT2D eigenvalue weighted by Gasteiger charge is -2.27. The Bertz CT molecular complexity index is 390. The van der Waals surface area contributed by atoms with E-state index in [4.69, 9.17) is 0 Å². The molecule has 1 aromatic heterocycles. The Labute approximate surface area is 86.9 Å². The van der Waals surface area contributed by atoms with E-state index >= 15 is 0 Å². The monoisotopic (exact) mass is 232 g/mol. The summed E-state index contributed by atoms with van der Waals surface area (Å²) in [5.74, 6) is -1.18. The second-order valence-electron chi connectivity index (χ2n) is 3.48. The third-order valence-corrected chi connectivity index (χ3v) is 3.97. The Kier molecular flexibility index (Phi) is 3.00. The number of hydrogen-bond donors (Lipinski definition) is 0. The first-order valence-electron chi connectivity index (χ1n) is 4.74. The van der Waals surface area contributed by atoms with Crippen LogP contribution in [0.3, 0.4) is 0 Å². The Balaban J connectivity index is 2.19. The third kappa shape index (κ3) is 2.34. The largest absolute Gasteiger partial charge is 0.353 e. The summed E-state index contributed by atoms with van der Waals surface area (Å²) in [6.45, 7) is 1.07. The molecule has 0 amide bonds. The maximum Gasteiger partial charge on any atom is 0.168 e. The summed E-state index contributed by atoms with van der Waals surface area (Å²) in [5, 5.41) is 0. The zero-order valence-electron chi connectivity index (χ0n) is 8.04. The van der Waals surface area contributed by atoms with E-state index in [1.807, 2.05) is 0 Å². The molecule has 0 saturated carbocycles. The molecule has 3 nitrogen and oxygen atoms in total. The van der Waals surface area contributed by atoms with E-state index in [1.54, 1.807) is 4.90 Å². The highest BCUT2D eigenvalue weighted by Gasteiger charge is 2.19. The lowest BCUT2D eigenvalue weighted by atomic mass is 10.4. The average molecular weight is 232 g/mol. The molecule has 2 rings (SSSR count). The van der Waals surface area contributed by atoms with Gasteiger partial charge in [0.2, 0.25) is 0 Å². The van der Waals surface area contributed by atoms with Crippen molar-refractivity contribution in [3.63, 3.8) is 0 Å². The predicted octanol–water partition coefficient (Wildman–Crippen LogP) is 1.74. The first-order valence-corrected chi connectivity index (χ1v) is 6.57. The lowest BCUT2D eigenvalue weighted by molar-refractivity contribution is 0.562. The van der Waals surface area contributed by atoms with Crippen molar-refractivity contribution >= 4 is 13.6 Å². The van der Waals surface area contributed by atoms with Crippen molar-refractivity contribution in [3.8, 4) is 0 Å². The topological polar surface area (TPSA) is 33.2 Å². The first kappa shape index (κ1) is 10.6. The van der Waals surface area contributed by atoms with Crippen molar-refractivity contribution in [3.05, 3.63) is 23.9 Å². The molecule has 1 aliphatic rings. The van der Waals surface area contributed by atoms with Crippen molar-refractivity contribution in [1.29, 1.82) is 0 Å². The average Bonchev–Trinajstić information content (AvgIpc) is 2.20. The van der Waals surface area contributed by atoms with E-state index in [0.717, 1.165) is 12.3 Å². The van der Waals surface area contributed by atoms with Crippen molar-refractivity contribution in [1.82, 2.24) is 4.98 Å². The first-order chi connectivity index (χ1) is 7.16. The number of halogens is 2. The number of nitrogens with zero attached hydrogens (tertiary/aromatic N) is 2. The SMILES string of the molecule is O=[PH]1CCN(c2ncc(F)cc2F)CC1. The van der Waals surface area contributed by atoms with Crippen LogP contribution in [0.4, 0.5) is 14.6 Å². The van der Waals surface area contributed by atoms with Gasteiger partial charge in [0.25, 0.3) is 0 Å². The highest BCUT2D eigenvalue weighted by molar-refractivity contribution is 7.44. The minimum atomic E-state index is -1.47. The van der Waals surface area contributed by atoms with E-state index in [9.17, 15) is 13.3 Å². The van der Waals surface area contributed by atoms with Gasteiger partial charge in [0.1, 0.15) is 5.82 Å². The zero-order chi connectivity index (χ0) is 10.8. The molecule has 82 valence electrons. The smallest absolute Gasteiger partial charge is 0.168 e. The molecule has 6 heteroatoms. The van der Waals surface area contributed by atoms with Crippen molar-refractivity contribution in [2.45, 2.75) is 0 Å². The molecule has 15 heavy (non-hydrogen) atoms. The van der Waals surface area contributed by atoms with Gasteiger partial charge in [0, 0.05) is 31.5 Å². The van der Waals surface area contributed by atoms with Gasteiger partial charge in [-0.05, 0) is 0 Å². The molecule has 1 aliphatic heterocycles. The van der Waals surface area contributed by atoms with Crippen LogP contribution < -0.4 is 4.90 Å². The van der Waals surface area contributed by atoms with Crippen LogP contribution >= 0.6 is 7.80 Å². The zero-order valence-corrected chi connectivity index (χ0v) is 9.04. The minimum absolute atomic E-state index is 0.158. The van der Waals surface area contributed by atoms with Crippen LogP contribution in [-0.2, 0) is 4.57 Å². The summed E-state index contributed by atoms with van der Waals surface area (Å²) in [4.78, 5) is 5.42. The maximum atomic E-state index is 13.3.